The molecule has 0 aromatic heterocycles. The molecular weight excluding hydrogens is 284 g/mol. The smallest absolute Gasteiger partial charge is 0.241 e. The van der Waals surface area contributed by atoms with Crippen LogP contribution < -0.4 is 15.4 Å². The van der Waals surface area contributed by atoms with Gasteiger partial charge in [0.25, 0.3) is 0 Å². The zero-order valence-corrected chi connectivity index (χ0v) is 10.8. The van der Waals surface area contributed by atoms with Gasteiger partial charge in [0.2, 0.25) is 5.91 Å². The molecule has 0 bridgehead atoms. The number of ether oxygens (including phenoxy) is 1. The van der Waals surface area contributed by atoms with Gasteiger partial charge in [0, 0.05) is 17.7 Å². The lowest BCUT2D eigenvalue weighted by molar-refractivity contribution is -0.119. The summed E-state index contributed by atoms with van der Waals surface area (Å²) in [6, 6.07) is 3.80. The van der Waals surface area contributed by atoms with Crippen molar-refractivity contribution in [3.8, 4) is 5.75 Å². The third kappa shape index (κ3) is 1.93. The quantitative estimate of drug-likeness (QED) is 0.873. The first kappa shape index (κ1) is 11.0. The summed E-state index contributed by atoms with van der Waals surface area (Å²) in [5.74, 6) is 0.914. The molecule has 17 heavy (non-hydrogen) atoms. The van der Waals surface area contributed by atoms with Gasteiger partial charge in [-0.25, -0.2) is 0 Å². The predicted octanol–water partition coefficient (Wildman–Crippen LogP) is 1.68. The van der Waals surface area contributed by atoms with E-state index in [1.807, 2.05) is 12.1 Å². The van der Waals surface area contributed by atoms with E-state index in [9.17, 15) is 4.79 Å². The molecule has 1 saturated heterocycles. The van der Waals surface area contributed by atoms with Crippen LogP contribution in [0.3, 0.4) is 0 Å². The van der Waals surface area contributed by atoms with Crippen molar-refractivity contribution >= 4 is 27.5 Å². The molecule has 1 fully saturated rings. The molecule has 1 aromatic rings. The minimum Gasteiger partial charge on any atom is -0.492 e. The summed E-state index contributed by atoms with van der Waals surface area (Å²) in [7, 11) is 0. The number of anilines is 1. The van der Waals surface area contributed by atoms with Crippen molar-refractivity contribution in [3.05, 3.63) is 22.2 Å². The first-order chi connectivity index (χ1) is 8.25. The number of fused-ring (bicyclic) bond motifs is 1. The van der Waals surface area contributed by atoms with Crippen molar-refractivity contribution < 1.29 is 9.53 Å². The van der Waals surface area contributed by atoms with Crippen molar-refractivity contribution in [2.75, 3.05) is 18.5 Å². The number of benzene rings is 1. The molecule has 1 atom stereocenters. The van der Waals surface area contributed by atoms with E-state index in [-0.39, 0.29) is 11.9 Å². The second-order valence-corrected chi connectivity index (χ2v) is 5.14. The molecule has 0 spiro atoms. The van der Waals surface area contributed by atoms with Crippen LogP contribution >= 0.6 is 15.9 Å². The Kier molecular flexibility index (Phi) is 2.80. The summed E-state index contributed by atoms with van der Waals surface area (Å²) in [5, 5.41) is 6.06. The molecule has 0 aliphatic carbocycles. The molecule has 2 aliphatic rings. The van der Waals surface area contributed by atoms with Crippen LogP contribution in [0.15, 0.2) is 16.6 Å². The van der Waals surface area contributed by atoms with Gasteiger partial charge in [-0.2, -0.15) is 0 Å². The van der Waals surface area contributed by atoms with Gasteiger partial charge in [-0.05, 0) is 41.0 Å². The van der Waals surface area contributed by atoms with Crippen molar-refractivity contribution in [1.29, 1.82) is 0 Å². The number of hydrogen-bond acceptors (Lipinski definition) is 3. The number of carbonyl (C=O) groups is 1. The molecule has 1 aromatic carbocycles. The summed E-state index contributed by atoms with van der Waals surface area (Å²) >= 11 is 3.45. The second kappa shape index (κ2) is 4.31. The molecular formula is C12H13BrN2O2. The van der Waals surface area contributed by atoms with Gasteiger partial charge < -0.3 is 15.4 Å². The first-order valence-corrected chi connectivity index (χ1v) is 6.53. The molecule has 2 aliphatic heterocycles. The zero-order chi connectivity index (χ0) is 11.8. The van der Waals surface area contributed by atoms with Crippen molar-refractivity contribution in [3.63, 3.8) is 0 Å². The topological polar surface area (TPSA) is 50.4 Å². The number of carbonyl (C=O) groups excluding carboxylic acids is 1. The Morgan fingerprint density at radius 1 is 1.53 bits per heavy atom. The van der Waals surface area contributed by atoms with Gasteiger partial charge in [-0.15, -0.1) is 0 Å². The van der Waals surface area contributed by atoms with E-state index in [4.69, 9.17) is 4.74 Å². The standard InChI is InChI=1S/C12H13BrN2O2/c13-8-1-2-9(7-4-6-17-11(7)8)15-12(16)10-3-5-14-10/h1-2,10,14H,3-6H2,(H,15,16). The normalized spacial score (nSPS) is 21.4. The van der Waals surface area contributed by atoms with E-state index >= 15 is 0 Å². The van der Waals surface area contributed by atoms with E-state index in [0.29, 0.717) is 6.61 Å². The molecule has 0 radical (unpaired) electrons. The van der Waals surface area contributed by atoms with Crippen LogP contribution in [0.25, 0.3) is 0 Å². The first-order valence-electron chi connectivity index (χ1n) is 5.74. The molecule has 2 N–H and O–H groups in total. The highest BCUT2D eigenvalue weighted by Crippen LogP contribution is 2.38. The van der Waals surface area contributed by atoms with Crippen LogP contribution in [0.5, 0.6) is 5.75 Å². The highest BCUT2D eigenvalue weighted by atomic mass is 79.9. The molecule has 2 heterocycles. The lowest BCUT2D eigenvalue weighted by Gasteiger charge is -2.26. The van der Waals surface area contributed by atoms with E-state index in [0.717, 1.165) is 40.9 Å². The Balaban J connectivity index is 1.83. The Hall–Kier alpha value is -1.07. The SMILES string of the molecule is O=C(Nc1ccc(Br)c2c1CCO2)C1CCN1. The van der Waals surface area contributed by atoms with Gasteiger partial charge in [0.1, 0.15) is 5.75 Å². The lowest BCUT2D eigenvalue weighted by atomic mass is 10.1. The van der Waals surface area contributed by atoms with Crippen molar-refractivity contribution in [2.45, 2.75) is 18.9 Å². The highest BCUT2D eigenvalue weighted by molar-refractivity contribution is 9.10. The molecule has 3 rings (SSSR count). The fourth-order valence-corrected chi connectivity index (χ4v) is 2.59. The van der Waals surface area contributed by atoms with Crippen molar-refractivity contribution in [2.24, 2.45) is 0 Å². The Bertz CT molecular complexity index is 472. The summed E-state index contributed by atoms with van der Waals surface area (Å²) < 4.78 is 6.49. The average molecular weight is 297 g/mol. The second-order valence-electron chi connectivity index (χ2n) is 4.29. The summed E-state index contributed by atoms with van der Waals surface area (Å²) in [4.78, 5) is 11.9. The Morgan fingerprint density at radius 3 is 3.06 bits per heavy atom. The van der Waals surface area contributed by atoms with Gasteiger partial charge >= 0.3 is 0 Å². The maximum atomic E-state index is 11.9. The van der Waals surface area contributed by atoms with Crippen molar-refractivity contribution in [1.82, 2.24) is 5.32 Å². The molecule has 1 unspecified atom stereocenters. The Labute approximate surface area is 108 Å². The number of halogens is 1. The maximum absolute atomic E-state index is 11.9. The molecule has 1 amide bonds. The van der Waals surface area contributed by atoms with Gasteiger partial charge in [-0.1, -0.05) is 0 Å². The number of rotatable bonds is 2. The van der Waals surface area contributed by atoms with Crippen LogP contribution in [0.2, 0.25) is 0 Å². The predicted molar refractivity (Wildman–Crippen MR) is 68.4 cm³/mol. The number of nitrogens with one attached hydrogen (secondary N) is 2. The molecule has 5 heteroatoms. The van der Waals surface area contributed by atoms with Crippen LogP contribution in [0.4, 0.5) is 5.69 Å². The largest absolute Gasteiger partial charge is 0.492 e. The number of hydrogen-bond donors (Lipinski definition) is 2. The summed E-state index contributed by atoms with van der Waals surface area (Å²) in [6.07, 6.45) is 1.77. The van der Waals surface area contributed by atoms with Gasteiger partial charge in [0.05, 0.1) is 17.1 Å². The van der Waals surface area contributed by atoms with Gasteiger partial charge in [0.15, 0.2) is 0 Å². The number of amides is 1. The van der Waals surface area contributed by atoms with Crippen LogP contribution in [0, 0.1) is 0 Å². The van der Waals surface area contributed by atoms with E-state index in [1.165, 1.54) is 0 Å². The highest BCUT2D eigenvalue weighted by Gasteiger charge is 2.26. The monoisotopic (exact) mass is 296 g/mol. The van der Waals surface area contributed by atoms with Crippen LogP contribution in [0.1, 0.15) is 12.0 Å². The zero-order valence-electron chi connectivity index (χ0n) is 9.25. The minimum atomic E-state index is -0.0309. The summed E-state index contributed by atoms with van der Waals surface area (Å²) in [6.45, 7) is 1.61. The third-order valence-electron chi connectivity index (χ3n) is 3.21. The van der Waals surface area contributed by atoms with E-state index < -0.39 is 0 Å². The van der Waals surface area contributed by atoms with Crippen LogP contribution in [-0.2, 0) is 11.2 Å². The van der Waals surface area contributed by atoms with Gasteiger partial charge in [-0.3, -0.25) is 4.79 Å². The third-order valence-corrected chi connectivity index (χ3v) is 3.83. The average Bonchev–Trinajstić information content (AvgIpc) is 2.69. The minimum absolute atomic E-state index is 0.0309. The lowest BCUT2D eigenvalue weighted by Crippen LogP contribution is -2.50. The fraction of sp³-hybridized carbons (Fsp3) is 0.417. The Morgan fingerprint density at radius 2 is 2.35 bits per heavy atom. The molecule has 0 saturated carbocycles. The molecule has 4 nitrogen and oxygen atoms in total. The van der Waals surface area contributed by atoms with Crippen LogP contribution in [-0.4, -0.2) is 25.1 Å². The maximum Gasteiger partial charge on any atom is 0.241 e. The summed E-state index contributed by atoms with van der Waals surface area (Å²) in [5.41, 5.74) is 1.96. The van der Waals surface area contributed by atoms with E-state index in [1.54, 1.807) is 0 Å². The fourth-order valence-electron chi connectivity index (χ4n) is 2.11. The molecule has 90 valence electrons. The van der Waals surface area contributed by atoms with E-state index in [2.05, 4.69) is 26.6 Å².